The summed E-state index contributed by atoms with van der Waals surface area (Å²) in [4.78, 5) is 10.3. The van der Waals surface area contributed by atoms with Crippen LogP contribution in [0, 0.1) is 5.82 Å². The minimum atomic E-state index is -4.29. The summed E-state index contributed by atoms with van der Waals surface area (Å²) in [6.45, 7) is 1.12. The van der Waals surface area contributed by atoms with Crippen LogP contribution >= 0.6 is 11.6 Å². The zero-order valence-corrected chi connectivity index (χ0v) is 11.2. The Kier molecular flexibility index (Phi) is 4.86. The van der Waals surface area contributed by atoms with Gasteiger partial charge in [-0.2, -0.15) is 4.72 Å². The largest absolute Gasteiger partial charge is 0.480 e. The molecule has 106 valence electrons. The summed E-state index contributed by atoms with van der Waals surface area (Å²) >= 11 is 5.59. The molecule has 0 fully saturated rings. The molecule has 2 atom stereocenters. The van der Waals surface area contributed by atoms with E-state index in [1.807, 2.05) is 0 Å². The fourth-order valence-electron chi connectivity index (χ4n) is 1.28. The molecule has 0 aliphatic rings. The molecule has 3 N–H and O–H groups in total. The normalized spacial score (nSPS) is 14.9. The molecule has 9 heteroatoms. The Bertz CT molecular complexity index is 590. The molecule has 0 bridgehead atoms. The first kappa shape index (κ1) is 15.8. The number of carboxylic acids is 1. The van der Waals surface area contributed by atoms with E-state index < -0.39 is 38.9 Å². The number of aliphatic hydroxyl groups excluding tert-OH is 1. The van der Waals surface area contributed by atoms with E-state index in [9.17, 15) is 22.7 Å². The van der Waals surface area contributed by atoms with E-state index in [1.165, 1.54) is 0 Å². The first-order valence-electron chi connectivity index (χ1n) is 5.03. The summed E-state index contributed by atoms with van der Waals surface area (Å²) in [5, 5.41) is 17.6. The molecule has 0 aliphatic carbocycles. The highest BCUT2D eigenvalue weighted by molar-refractivity contribution is 7.89. The topological polar surface area (TPSA) is 104 Å². The highest BCUT2D eigenvalue weighted by Crippen LogP contribution is 2.22. The van der Waals surface area contributed by atoms with Gasteiger partial charge in [0.1, 0.15) is 16.8 Å². The van der Waals surface area contributed by atoms with Crippen molar-refractivity contribution in [3.63, 3.8) is 0 Å². The standard InChI is InChI=1S/C10H11ClFNO5S/c1-5(14)9(10(15)16)13-19(17,18)8-3-2-6(12)4-7(8)11/h2-5,9,13-14H,1H3,(H,15,16). The molecule has 0 saturated heterocycles. The Morgan fingerprint density at radius 3 is 2.47 bits per heavy atom. The van der Waals surface area contributed by atoms with E-state index in [1.54, 1.807) is 4.72 Å². The van der Waals surface area contributed by atoms with E-state index in [0.29, 0.717) is 0 Å². The van der Waals surface area contributed by atoms with Crippen molar-refractivity contribution in [2.24, 2.45) is 0 Å². The van der Waals surface area contributed by atoms with Crippen LogP contribution in [0.4, 0.5) is 4.39 Å². The van der Waals surface area contributed by atoms with E-state index in [0.717, 1.165) is 25.1 Å². The van der Waals surface area contributed by atoms with Crippen molar-refractivity contribution in [3.05, 3.63) is 29.0 Å². The number of aliphatic hydroxyl groups is 1. The smallest absolute Gasteiger partial charge is 0.324 e. The summed E-state index contributed by atoms with van der Waals surface area (Å²) in [5.41, 5.74) is 0. The second-order valence-electron chi connectivity index (χ2n) is 3.75. The molecular weight excluding hydrogens is 301 g/mol. The first-order chi connectivity index (χ1) is 8.65. The summed E-state index contributed by atoms with van der Waals surface area (Å²) in [5.74, 6) is -2.27. The van der Waals surface area contributed by atoms with Gasteiger partial charge in [-0.25, -0.2) is 12.8 Å². The number of sulfonamides is 1. The second-order valence-corrected chi connectivity index (χ2v) is 5.84. The molecular formula is C10H11ClFNO5S. The van der Waals surface area contributed by atoms with Gasteiger partial charge in [-0.05, 0) is 25.1 Å². The molecule has 0 spiro atoms. The molecule has 1 aromatic rings. The van der Waals surface area contributed by atoms with Crippen LogP contribution in [-0.2, 0) is 14.8 Å². The van der Waals surface area contributed by atoms with Crippen LogP contribution in [0.3, 0.4) is 0 Å². The quantitative estimate of drug-likeness (QED) is 0.738. The zero-order valence-electron chi connectivity index (χ0n) is 9.67. The Morgan fingerprint density at radius 2 is 2.05 bits per heavy atom. The van der Waals surface area contributed by atoms with Gasteiger partial charge in [-0.15, -0.1) is 0 Å². The van der Waals surface area contributed by atoms with Crippen LogP contribution in [0.2, 0.25) is 5.02 Å². The van der Waals surface area contributed by atoms with Crippen LogP contribution < -0.4 is 4.72 Å². The van der Waals surface area contributed by atoms with E-state index in [-0.39, 0.29) is 5.02 Å². The molecule has 1 rings (SSSR count). The number of carbonyl (C=O) groups is 1. The van der Waals surface area contributed by atoms with Crippen molar-refractivity contribution >= 4 is 27.6 Å². The number of hydrogen-bond donors (Lipinski definition) is 3. The van der Waals surface area contributed by atoms with Crippen LogP contribution in [0.25, 0.3) is 0 Å². The minimum Gasteiger partial charge on any atom is -0.480 e. The van der Waals surface area contributed by atoms with Gasteiger partial charge in [0.15, 0.2) is 0 Å². The summed E-state index contributed by atoms with van der Waals surface area (Å²) in [7, 11) is -4.29. The third-order valence-electron chi connectivity index (χ3n) is 2.21. The lowest BCUT2D eigenvalue weighted by molar-refractivity contribution is -0.141. The lowest BCUT2D eigenvalue weighted by atomic mass is 10.2. The molecule has 0 amide bonds. The molecule has 0 radical (unpaired) electrons. The molecule has 19 heavy (non-hydrogen) atoms. The average molecular weight is 312 g/mol. The van der Waals surface area contributed by atoms with Gasteiger partial charge < -0.3 is 10.2 Å². The Labute approximate surface area is 113 Å². The molecule has 0 aromatic heterocycles. The number of aliphatic carboxylic acids is 1. The Hall–Kier alpha value is -1.22. The van der Waals surface area contributed by atoms with Gasteiger partial charge in [0, 0.05) is 0 Å². The number of rotatable bonds is 5. The highest BCUT2D eigenvalue weighted by Gasteiger charge is 2.30. The molecule has 2 unspecified atom stereocenters. The fourth-order valence-corrected chi connectivity index (χ4v) is 3.07. The number of halogens is 2. The van der Waals surface area contributed by atoms with Gasteiger partial charge >= 0.3 is 5.97 Å². The van der Waals surface area contributed by atoms with Crippen LogP contribution in [0.1, 0.15) is 6.92 Å². The molecule has 1 aromatic carbocycles. The number of benzene rings is 1. The van der Waals surface area contributed by atoms with Crippen molar-refractivity contribution in [3.8, 4) is 0 Å². The van der Waals surface area contributed by atoms with Crippen molar-refractivity contribution < 1.29 is 27.8 Å². The van der Waals surface area contributed by atoms with Crippen molar-refractivity contribution in [1.82, 2.24) is 4.72 Å². The lowest BCUT2D eigenvalue weighted by Gasteiger charge is -2.17. The number of hydrogen-bond acceptors (Lipinski definition) is 4. The van der Waals surface area contributed by atoms with Crippen molar-refractivity contribution in [1.29, 1.82) is 0 Å². The predicted octanol–water partition coefficient (Wildman–Crippen LogP) is 0.591. The van der Waals surface area contributed by atoms with Gasteiger partial charge in [-0.3, -0.25) is 4.79 Å². The molecule has 6 nitrogen and oxygen atoms in total. The van der Waals surface area contributed by atoms with Crippen LogP contribution in [0.5, 0.6) is 0 Å². The van der Waals surface area contributed by atoms with Gasteiger partial charge in [0.25, 0.3) is 0 Å². The Balaban J connectivity index is 3.14. The zero-order chi connectivity index (χ0) is 14.8. The highest BCUT2D eigenvalue weighted by atomic mass is 35.5. The van der Waals surface area contributed by atoms with Crippen molar-refractivity contribution in [2.45, 2.75) is 24.0 Å². The van der Waals surface area contributed by atoms with E-state index >= 15 is 0 Å². The minimum absolute atomic E-state index is 0.387. The maximum Gasteiger partial charge on any atom is 0.324 e. The lowest BCUT2D eigenvalue weighted by Crippen LogP contribution is -2.47. The maximum atomic E-state index is 12.8. The number of carboxylic acid groups (broad SMARTS) is 1. The maximum absolute atomic E-state index is 12.8. The fraction of sp³-hybridized carbons (Fsp3) is 0.300. The third-order valence-corrected chi connectivity index (χ3v) is 4.14. The second kappa shape index (κ2) is 5.83. The van der Waals surface area contributed by atoms with E-state index in [4.69, 9.17) is 16.7 Å². The third kappa shape index (κ3) is 3.87. The predicted molar refractivity (Wildman–Crippen MR) is 64.8 cm³/mol. The summed E-state index contributed by atoms with van der Waals surface area (Å²) < 4.78 is 38.4. The molecule has 0 saturated carbocycles. The first-order valence-corrected chi connectivity index (χ1v) is 6.89. The van der Waals surface area contributed by atoms with Gasteiger partial charge in [-0.1, -0.05) is 11.6 Å². The summed E-state index contributed by atoms with van der Waals surface area (Å²) in [6, 6.07) is 0.833. The van der Waals surface area contributed by atoms with Gasteiger partial charge in [0.05, 0.1) is 11.1 Å². The summed E-state index contributed by atoms with van der Waals surface area (Å²) in [6.07, 6.45) is -1.45. The van der Waals surface area contributed by atoms with Gasteiger partial charge in [0.2, 0.25) is 10.0 Å². The monoisotopic (exact) mass is 311 g/mol. The SMILES string of the molecule is CC(O)C(NS(=O)(=O)c1ccc(F)cc1Cl)C(=O)O. The Morgan fingerprint density at radius 1 is 1.47 bits per heavy atom. The van der Waals surface area contributed by atoms with Crippen LogP contribution in [-0.4, -0.2) is 36.7 Å². The average Bonchev–Trinajstić information content (AvgIpc) is 2.24. The van der Waals surface area contributed by atoms with E-state index in [2.05, 4.69) is 0 Å². The number of nitrogens with one attached hydrogen (secondary N) is 1. The van der Waals surface area contributed by atoms with Crippen LogP contribution in [0.15, 0.2) is 23.1 Å². The molecule has 0 aliphatic heterocycles. The van der Waals surface area contributed by atoms with Crippen molar-refractivity contribution in [2.75, 3.05) is 0 Å². The molecule has 0 heterocycles.